The molecule has 2 rings (SSSR count). The highest BCUT2D eigenvalue weighted by molar-refractivity contribution is 9.10. The molecule has 1 amide bonds. The first-order valence-electron chi connectivity index (χ1n) is 8.06. The van der Waals surface area contributed by atoms with E-state index in [4.69, 9.17) is 4.74 Å². The lowest BCUT2D eigenvalue weighted by molar-refractivity contribution is -0.126. The highest BCUT2D eigenvalue weighted by atomic mass is 79.9. The molecule has 0 saturated carbocycles. The maximum Gasteiger partial charge on any atom is 0.223 e. The fourth-order valence-electron chi connectivity index (χ4n) is 2.62. The van der Waals surface area contributed by atoms with E-state index >= 15 is 0 Å². The van der Waals surface area contributed by atoms with Crippen LogP contribution in [0.15, 0.2) is 28.7 Å². The second-order valence-corrected chi connectivity index (χ2v) is 8.84. The smallest absolute Gasteiger partial charge is 0.223 e. The molecule has 1 saturated heterocycles. The molecule has 0 radical (unpaired) electrons. The zero-order valence-electron chi connectivity index (χ0n) is 13.7. The number of ether oxygens (including phenoxy) is 1. The van der Waals surface area contributed by atoms with Gasteiger partial charge in [-0.3, -0.25) is 4.79 Å². The summed E-state index contributed by atoms with van der Waals surface area (Å²) in [4.78, 5) is 12.1. The third-order valence-electron chi connectivity index (χ3n) is 4.05. The van der Waals surface area contributed by atoms with Gasteiger partial charge in [0.05, 0.1) is 12.3 Å². The Morgan fingerprint density at radius 1 is 1.38 bits per heavy atom. The van der Waals surface area contributed by atoms with Crippen molar-refractivity contribution in [3.63, 3.8) is 0 Å². The van der Waals surface area contributed by atoms with Crippen molar-refractivity contribution >= 4 is 31.9 Å². The number of piperidine rings is 1. The number of nitrogens with zero attached hydrogens (tertiary/aromatic N) is 1. The van der Waals surface area contributed by atoms with Gasteiger partial charge >= 0.3 is 0 Å². The molecule has 0 aromatic heterocycles. The third-order valence-corrected chi connectivity index (χ3v) is 6.42. The Labute approximate surface area is 151 Å². The molecular weight excluding hydrogens is 396 g/mol. The summed E-state index contributed by atoms with van der Waals surface area (Å²) in [5.41, 5.74) is 0. The molecule has 0 spiro atoms. The number of sulfonamides is 1. The summed E-state index contributed by atoms with van der Waals surface area (Å²) >= 11 is 3.37. The molecule has 0 unspecified atom stereocenters. The van der Waals surface area contributed by atoms with E-state index in [-0.39, 0.29) is 17.6 Å². The summed E-state index contributed by atoms with van der Waals surface area (Å²) in [5.74, 6) is 0.703. The van der Waals surface area contributed by atoms with Crippen LogP contribution in [0.25, 0.3) is 0 Å². The van der Waals surface area contributed by atoms with Crippen molar-refractivity contribution in [3.05, 3.63) is 28.7 Å². The Hall–Kier alpha value is -1.12. The molecule has 134 valence electrons. The molecule has 1 aliphatic rings. The van der Waals surface area contributed by atoms with Crippen molar-refractivity contribution in [2.75, 3.05) is 32.0 Å². The molecule has 1 aliphatic heterocycles. The Morgan fingerprint density at radius 2 is 2.08 bits per heavy atom. The van der Waals surface area contributed by atoms with E-state index in [1.54, 1.807) is 6.92 Å². The van der Waals surface area contributed by atoms with Crippen molar-refractivity contribution in [1.29, 1.82) is 0 Å². The minimum absolute atomic E-state index is 0.0265. The lowest BCUT2D eigenvalue weighted by Crippen LogP contribution is -2.44. The van der Waals surface area contributed by atoms with Crippen molar-refractivity contribution in [1.82, 2.24) is 9.62 Å². The first kappa shape index (κ1) is 19.2. The van der Waals surface area contributed by atoms with Crippen LogP contribution in [0, 0.1) is 5.92 Å². The monoisotopic (exact) mass is 418 g/mol. The summed E-state index contributed by atoms with van der Waals surface area (Å²) in [7, 11) is -3.15. The zero-order chi connectivity index (χ0) is 17.6. The first-order chi connectivity index (χ1) is 11.4. The second-order valence-electron chi connectivity index (χ2n) is 5.67. The zero-order valence-corrected chi connectivity index (χ0v) is 16.1. The van der Waals surface area contributed by atoms with Gasteiger partial charge in [-0.05, 0) is 38.0 Å². The topological polar surface area (TPSA) is 75.7 Å². The highest BCUT2D eigenvalue weighted by Gasteiger charge is 2.29. The quantitative estimate of drug-likeness (QED) is 0.687. The summed E-state index contributed by atoms with van der Waals surface area (Å²) in [6.07, 6.45) is 1.13. The number of nitrogens with one attached hydrogen (secondary N) is 1. The van der Waals surface area contributed by atoms with Gasteiger partial charge in [-0.1, -0.05) is 22.0 Å². The molecule has 6 nitrogen and oxygen atoms in total. The molecule has 8 heteroatoms. The normalized spacial score (nSPS) is 16.8. The van der Waals surface area contributed by atoms with E-state index in [9.17, 15) is 13.2 Å². The van der Waals surface area contributed by atoms with Gasteiger partial charge in [0.1, 0.15) is 12.4 Å². The van der Waals surface area contributed by atoms with Gasteiger partial charge < -0.3 is 10.1 Å². The molecule has 1 N–H and O–H groups in total. The standard InChI is InChI=1S/C16H23BrN2O4S/c1-2-24(21,22)19-9-6-13(7-10-19)16(20)18-8-11-23-15-5-3-4-14(17)12-15/h3-5,12-13H,2,6-11H2,1H3,(H,18,20). The predicted octanol–water partition coefficient (Wildman–Crippen LogP) is 2.01. The summed E-state index contributed by atoms with van der Waals surface area (Å²) < 4.78 is 31.6. The summed E-state index contributed by atoms with van der Waals surface area (Å²) in [6, 6.07) is 7.53. The number of carbonyl (C=O) groups is 1. The largest absolute Gasteiger partial charge is 0.492 e. The van der Waals surface area contributed by atoms with E-state index in [0.717, 1.165) is 10.2 Å². The lowest BCUT2D eigenvalue weighted by atomic mass is 9.97. The SMILES string of the molecule is CCS(=O)(=O)N1CCC(C(=O)NCCOc2cccc(Br)c2)CC1. The molecule has 24 heavy (non-hydrogen) atoms. The van der Waals surface area contributed by atoms with Crippen LogP contribution in [0.3, 0.4) is 0 Å². The van der Waals surface area contributed by atoms with Gasteiger partial charge in [-0.15, -0.1) is 0 Å². The van der Waals surface area contributed by atoms with Gasteiger partial charge in [0, 0.05) is 23.5 Å². The van der Waals surface area contributed by atoms with Gasteiger partial charge in [0.2, 0.25) is 15.9 Å². The van der Waals surface area contributed by atoms with Gasteiger partial charge in [0.15, 0.2) is 0 Å². The fourth-order valence-corrected chi connectivity index (χ4v) is 4.13. The van der Waals surface area contributed by atoms with Crippen LogP contribution in [0.5, 0.6) is 5.75 Å². The van der Waals surface area contributed by atoms with Crippen molar-refractivity contribution in [2.45, 2.75) is 19.8 Å². The number of hydrogen-bond acceptors (Lipinski definition) is 4. The van der Waals surface area contributed by atoms with Crippen LogP contribution in [0.4, 0.5) is 0 Å². The third kappa shape index (κ3) is 5.46. The van der Waals surface area contributed by atoms with E-state index in [2.05, 4.69) is 21.2 Å². The number of carbonyl (C=O) groups excluding carboxylic acids is 1. The average molecular weight is 419 g/mol. The maximum absolute atomic E-state index is 12.1. The van der Waals surface area contributed by atoms with Crippen LogP contribution >= 0.6 is 15.9 Å². The number of amides is 1. The molecular formula is C16H23BrN2O4S. The van der Waals surface area contributed by atoms with E-state index in [0.29, 0.717) is 39.1 Å². The summed E-state index contributed by atoms with van der Waals surface area (Å²) in [5, 5.41) is 2.86. The number of rotatable bonds is 7. The minimum atomic E-state index is -3.15. The molecule has 0 atom stereocenters. The second kappa shape index (κ2) is 8.82. The highest BCUT2D eigenvalue weighted by Crippen LogP contribution is 2.20. The van der Waals surface area contributed by atoms with Gasteiger partial charge in [-0.25, -0.2) is 12.7 Å². The molecule has 0 aliphatic carbocycles. The average Bonchev–Trinajstić information content (AvgIpc) is 2.58. The van der Waals surface area contributed by atoms with Crippen LogP contribution in [0.2, 0.25) is 0 Å². The van der Waals surface area contributed by atoms with Crippen molar-refractivity contribution in [2.24, 2.45) is 5.92 Å². The van der Waals surface area contributed by atoms with Crippen molar-refractivity contribution < 1.29 is 17.9 Å². The Balaban J connectivity index is 1.69. The van der Waals surface area contributed by atoms with Crippen molar-refractivity contribution in [3.8, 4) is 5.75 Å². The van der Waals surface area contributed by atoms with E-state index in [1.165, 1.54) is 4.31 Å². The number of halogens is 1. The van der Waals surface area contributed by atoms with Crippen LogP contribution < -0.4 is 10.1 Å². The Bertz CT molecular complexity index is 658. The molecule has 1 fully saturated rings. The fraction of sp³-hybridized carbons (Fsp3) is 0.562. The molecule has 1 aromatic rings. The Morgan fingerprint density at radius 3 is 2.71 bits per heavy atom. The molecule has 0 bridgehead atoms. The van der Waals surface area contributed by atoms with E-state index in [1.807, 2.05) is 24.3 Å². The Kier molecular flexibility index (Phi) is 7.06. The predicted molar refractivity (Wildman–Crippen MR) is 96.4 cm³/mol. The number of benzene rings is 1. The molecule has 1 aromatic carbocycles. The summed E-state index contributed by atoms with van der Waals surface area (Å²) in [6.45, 7) is 3.30. The number of hydrogen-bond donors (Lipinski definition) is 1. The van der Waals surface area contributed by atoms with Crippen LogP contribution in [-0.4, -0.2) is 50.6 Å². The van der Waals surface area contributed by atoms with Crippen LogP contribution in [0.1, 0.15) is 19.8 Å². The molecule has 1 heterocycles. The minimum Gasteiger partial charge on any atom is -0.492 e. The van der Waals surface area contributed by atoms with Crippen LogP contribution in [-0.2, 0) is 14.8 Å². The lowest BCUT2D eigenvalue weighted by Gasteiger charge is -2.30. The van der Waals surface area contributed by atoms with Gasteiger partial charge in [-0.2, -0.15) is 0 Å². The van der Waals surface area contributed by atoms with E-state index < -0.39 is 10.0 Å². The van der Waals surface area contributed by atoms with Gasteiger partial charge in [0.25, 0.3) is 0 Å². The first-order valence-corrected chi connectivity index (χ1v) is 10.5. The maximum atomic E-state index is 12.1.